The first-order valence-corrected chi connectivity index (χ1v) is 25.0. The topological polar surface area (TPSA) is 28.4 Å². The lowest BCUT2D eigenvalue weighted by Crippen LogP contribution is -2.60. The number of nitrogens with one attached hydrogen (secondary N) is 1. The Hall–Kier alpha value is -4.18. The van der Waals surface area contributed by atoms with Crippen LogP contribution >= 0.6 is 0 Å². The summed E-state index contributed by atoms with van der Waals surface area (Å²) >= 11 is 0. The zero-order chi connectivity index (χ0) is 46.6. The van der Waals surface area contributed by atoms with Gasteiger partial charge in [0.2, 0.25) is 6.71 Å². The molecule has 64 heavy (non-hydrogen) atoms. The molecule has 0 saturated carbocycles. The van der Waals surface area contributed by atoms with Crippen LogP contribution in [0.3, 0.4) is 0 Å². The normalized spacial score (nSPS) is 22.4. The molecule has 1 aromatic heterocycles. The highest BCUT2D eigenvalue weighted by Gasteiger charge is 2.52. The van der Waals surface area contributed by atoms with Gasteiger partial charge in [0.05, 0.1) is 6.04 Å². The second-order valence-corrected chi connectivity index (χ2v) is 24.6. The maximum Gasteiger partial charge on any atom is 0.249 e. The molecule has 0 bridgehead atoms. The highest BCUT2D eigenvalue weighted by Crippen LogP contribution is 2.51. The van der Waals surface area contributed by atoms with Crippen molar-refractivity contribution in [2.24, 2.45) is 22.2 Å². The van der Waals surface area contributed by atoms with Crippen molar-refractivity contribution in [3.63, 3.8) is 0 Å². The van der Waals surface area contributed by atoms with Crippen molar-refractivity contribution in [1.29, 1.82) is 0 Å². The minimum absolute atomic E-state index is 0.0318. The number of rotatable bonds is 11. The second kappa shape index (κ2) is 17.9. The van der Waals surface area contributed by atoms with Gasteiger partial charge in [-0.25, -0.2) is 0 Å². The van der Waals surface area contributed by atoms with Gasteiger partial charge < -0.3 is 14.6 Å². The van der Waals surface area contributed by atoms with E-state index in [0.29, 0.717) is 5.92 Å². The fourth-order valence-corrected chi connectivity index (χ4v) is 11.0. The number of furan rings is 1. The summed E-state index contributed by atoms with van der Waals surface area (Å²) < 4.78 is 7.54. The van der Waals surface area contributed by atoms with Gasteiger partial charge in [-0.05, 0) is 132 Å². The van der Waals surface area contributed by atoms with Crippen molar-refractivity contribution < 1.29 is 4.42 Å². The average Bonchev–Trinajstić information content (AvgIpc) is 3.64. The zero-order valence-corrected chi connectivity index (χ0v) is 43.0. The van der Waals surface area contributed by atoms with E-state index in [0.717, 1.165) is 51.0 Å². The van der Waals surface area contributed by atoms with Crippen LogP contribution in [0.15, 0.2) is 123 Å². The fraction of sp³-hybridized carbons (Fsp3) is 0.533. The Labute approximate surface area is 390 Å². The molecule has 342 valence electrons. The molecule has 0 spiro atoms. The quantitative estimate of drug-likeness (QED) is 0.154. The Morgan fingerprint density at radius 3 is 2.11 bits per heavy atom. The molecule has 3 aliphatic carbocycles. The summed E-state index contributed by atoms with van der Waals surface area (Å²) in [6.45, 7) is 39.0. The van der Waals surface area contributed by atoms with Crippen LogP contribution in [0.25, 0.3) is 5.57 Å². The highest BCUT2D eigenvalue weighted by atomic mass is 16.4. The standard InChI is InChI=1S/C60H83BN2O/c1-17-43-25-27-45(28-26-43)61-52-49(62-48(31-33-57(8,9)10)46(30-32-56(5,6)7)44-22-19-18-20-23-44)38-40(2)39-50(52)63(37-21-24-47-42(4)41(3)29-34-58(47,11)12)55-53(61)51-54(64-55)60(15,16)36-35-59(51,13)14/h18-28,30-31,38,41,50,62H,17,29,32-37,39H2,1-16H3/b24-21-,46-30-,48-31+. The molecule has 7 rings (SSSR count). The summed E-state index contributed by atoms with van der Waals surface area (Å²) in [5.41, 5.74) is 16.8. The van der Waals surface area contributed by atoms with Crippen LogP contribution in [0.5, 0.6) is 0 Å². The molecular weight excluding hydrogens is 775 g/mol. The first-order chi connectivity index (χ1) is 29.9. The number of aryl methyl sites for hydroxylation is 1. The van der Waals surface area contributed by atoms with Crippen molar-refractivity contribution in [1.82, 2.24) is 5.32 Å². The van der Waals surface area contributed by atoms with Crippen LogP contribution in [0.2, 0.25) is 0 Å². The molecule has 0 amide bonds. The maximum atomic E-state index is 7.54. The molecular formula is C60H83BN2O. The van der Waals surface area contributed by atoms with Crippen LogP contribution in [-0.4, -0.2) is 19.3 Å². The minimum atomic E-state index is -0.0649. The van der Waals surface area contributed by atoms with Gasteiger partial charge in [-0.15, -0.1) is 0 Å². The molecule has 3 nitrogen and oxygen atoms in total. The van der Waals surface area contributed by atoms with Gasteiger partial charge in [-0.3, -0.25) is 0 Å². The summed E-state index contributed by atoms with van der Waals surface area (Å²) in [5, 5.41) is 4.32. The lowest BCUT2D eigenvalue weighted by atomic mass is 9.31. The third-order valence-electron chi connectivity index (χ3n) is 15.3. The third kappa shape index (κ3) is 9.97. The number of allylic oxidation sites excluding steroid dienone is 7. The Bertz CT molecular complexity index is 2370. The Kier molecular flexibility index (Phi) is 13.4. The molecule has 0 fully saturated rings. The van der Waals surface area contributed by atoms with Crippen LogP contribution in [-0.2, 0) is 17.3 Å². The predicted octanol–water partition coefficient (Wildman–Crippen LogP) is 14.9. The van der Waals surface area contributed by atoms with Crippen molar-refractivity contribution in [3.05, 3.63) is 141 Å². The molecule has 0 radical (unpaired) electrons. The van der Waals surface area contributed by atoms with E-state index in [2.05, 4.69) is 206 Å². The predicted molar refractivity (Wildman–Crippen MR) is 279 cm³/mol. The molecule has 1 aliphatic heterocycles. The van der Waals surface area contributed by atoms with E-state index in [-0.39, 0.29) is 39.8 Å². The van der Waals surface area contributed by atoms with Crippen LogP contribution in [0.1, 0.15) is 178 Å². The molecule has 2 unspecified atom stereocenters. The van der Waals surface area contributed by atoms with Gasteiger partial charge in [0, 0.05) is 28.9 Å². The van der Waals surface area contributed by atoms with E-state index in [1.807, 2.05) is 0 Å². The van der Waals surface area contributed by atoms with E-state index in [9.17, 15) is 0 Å². The van der Waals surface area contributed by atoms with E-state index >= 15 is 0 Å². The van der Waals surface area contributed by atoms with Gasteiger partial charge in [-0.2, -0.15) is 0 Å². The first-order valence-electron chi connectivity index (χ1n) is 25.0. The molecule has 2 atom stereocenters. The molecule has 0 saturated heterocycles. The number of benzene rings is 2. The summed E-state index contributed by atoms with van der Waals surface area (Å²) in [7, 11) is 0. The minimum Gasteiger partial charge on any atom is -0.445 e. The summed E-state index contributed by atoms with van der Waals surface area (Å²) in [5.74, 6) is 2.90. The molecule has 1 N–H and O–H groups in total. The Morgan fingerprint density at radius 1 is 0.828 bits per heavy atom. The number of nitrogens with zero attached hydrogens (tertiary/aromatic N) is 1. The van der Waals surface area contributed by atoms with Crippen molar-refractivity contribution in [2.75, 3.05) is 11.4 Å². The SMILES string of the molecule is CCc1ccc(B2C3=C(NC(=C/CC(C)(C)C)/C(=C\CC(C)(C)C)c4ccccc4)C=C(C)CC3N(C/C=C\C3=C(C)C(C)CCC3(C)C)c3oc4c(c32)C(C)(C)CCC4(C)C)cc1. The fourth-order valence-electron chi connectivity index (χ4n) is 11.0. The van der Waals surface area contributed by atoms with E-state index in [1.54, 1.807) is 5.57 Å². The first kappa shape index (κ1) is 47.8. The van der Waals surface area contributed by atoms with Crippen LogP contribution in [0, 0.1) is 22.2 Å². The summed E-state index contributed by atoms with van der Waals surface area (Å²) in [6, 6.07) is 20.8. The number of hydrogen-bond acceptors (Lipinski definition) is 3. The number of hydrogen-bond donors (Lipinski definition) is 1. The Balaban J connectivity index is 1.52. The Morgan fingerprint density at radius 2 is 1.47 bits per heavy atom. The average molecular weight is 859 g/mol. The van der Waals surface area contributed by atoms with Crippen LogP contribution in [0.4, 0.5) is 5.88 Å². The van der Waals surface area contributed by atoms with Crippen LogP contribution < -0.4 is 21.1 Å². The van der Waals surface area contributed by atoms with Gasteiger partial charge in [0.1, 0.15) is 5.76 Å². The zero-order valence-electron chi connectivity index (χ0n) is 43.0. The highest BCUT2D eigenvalue weighted by molar-refractivity contribution is 6.93. The summed E-state index contributed by atoms with van der Waals surface area (Å²) in [6.07, 6.45) is 21.1. The van der Waals surface area contributed by atoms with E-state index in [1.165, 1.54) is 79.8 Å². The number of fused-ring (bicyclic) bond motifs is 4. The number of anilines is 1. The molecule has 4 aliphatic rings. The van der Waals surface area contributed by atoms with Gasteiger partial charge in [0.25, 0.3) is 0 Å². The van der Waals surface area contributed by atoms with Gasteiger partial charge >= 0.3 is 0 Å². The molecule has 2 heterocycles. The van der Waals surface area contributed by atoms with Gasteiger partial charge in [0.15, 0.2) is 5.88 Å². The van der Waals surface area contributed by atoms with Crippen molar-refractivity contribution in [3.8, 4) is 0 Å². The van der Waals surface area contributed by atoms with Crippen molar-refractivity contribution in [2.45, 2.75) is 179 Å². The largest absolute Gasteiger partial charge is 0.445 e. The smallest absolute Gasteiger partial charge is 0.249 e. The lowest BCUT2D eigenvalue weighted by molar-refractivity contribution is 0.278. The monoisotopic (exact) mass is 859 g/mol. The van der Waals surface area contributed by atoms with E-state index < -0.39 is 0 Å². The molecule has 4 heteroatoms. The lowest BCUT2D eigenvalue weighted by Gasteiger charge is -2.45. The third-order valence-corrected chi connectivity index (χ3v) is 15.3. The van der Waals surface area contributed by atoms with Gasteiger partial charge in [-0.1, -0.05) is 192 Å². The summed E-state index contributed by atoms with van der Waals surface area (Å²) in [4.78, 5) is 2.68. The maximum absolute atomic E-state index is 7.54. The van der Waals surface area contributed by atoms with E-state index in [4.69, 9.17) is 4.42 Å². The second-order valence-electron chi connectivity index (χ2n) is 24.6. The molecule has 3 aromatic rings. The molecule has 2 aromatic carbocycles. The van der Waals surface area contributed by atoms with Crippen molar-refractivity contribution >= 4 is 29.1 Å².